The maximum atomic E-state index is 11.5. The molecule has 28 heavy (non-hydrogen) atoms. The molecule has 0 bridgehead atoms. The molecule has 0 spiro atoms. The molecule has 0 fully saturated rings. The zero-order chi connectivity index (χ0) is 21.7. The maximum Gasteiger partial charge on any atom is 0.500 e. The van der Waals surface area contributed by atoms with Crippen LogP contribution in [0.1, 0.15) is 46.0 Å². The monoisotopic (exact) mass is 439 g/mol. The van der Waals surface area contributed by atoms with Gasteiger partial charge in [0.05, 0.1) is 0 Å². The number of hydrogen-bond acceptors (Lipinski definition) is 7. The predicted molar refractivity (Wildman–Crippen MR) is 113 cm³/mol. The van der Waals surface area contributed by atoms with E-state index in [1.807, 2.05) is 0 Å². The number of carbonyl (C=O) groups is 1. The second kappa shape index (κ2) is 13.8. The van der Waals surface area contributed by atoms with Gasteiger partial charge in [0.2, 0.25) is 5.91 Å². The van der Waals surface area contributed by atoms with Crippen molar-refractivity contribution in [3.63, 3.8) is 0 Å². The third kappa shape index (κ3) is 8.58. The Balaban J connectivity index is 5.08. The Morgan fingerprint density at radius 1 is 0.786 bits per heavy atom. The molecule has 168 valence electrons. The Hall–Kier alpha value is -0.336. The number of rotatable bonds is 17. The van der Waals surface area contributed by atoms with E-state index in [2.05, 4.69) is 12.2 Å². The summed E-state index contributed by atoms with van der Waals surface area (Å²) in [4.78, 5) is 11.5. The van der Waals surface area contributed by atoms with E-state index in [0.29, 0.717) is 6.54 Å². The molecular formula is C18H41NO7Si2. The molecule has 0 aromatic carbocycles. The van der Waals surface area contributed by atoms with Crippen LogP contribution in [0.25, 0.3) is 0 Å². The van der Waals surface area contributed by atoms with Gasteiger partial charge in [-0.25, -0.2) is 0 Å². The van der Waals surface area contributed by atoms with Crippen molar-refractivity contribution in [3.05, 3.63) is 0 Å². The quantitative estimate of drug-likeness (QED) is 0.349. The van der Waals surface area contributed by atoms with Crippen molar-refractivity contribution < 1.29 is 31.4 Å². The van der Waals surface area contributed by atoms with Gasteiger partial charge in [-0.15, -0.1) is 0 Å². The molecule has 0 radical (unpaired) electrons. The van der Waals surface area contributed by atoms with E-state index >= 15 is 0 Å². The van der Waals surface area contributed by atoms with E-state index in [1.165, 1.54) is 0 Å². The lowest BCUT2D eigenvalue weighted by molar-refractivity contribution is -0.119. The highest BCUT2D eigenvalue weighted by Gasteiger charge is 2.40. The van der Waals surface area contributed by atoms with Crippen molar-refractivity contribution in [3.8, 4) is 0 Å². The lowest BCUT2D eigenvalue weighted by Crippen LogP contribution is -2.44. The van der Waals surface area contributed by atoms with Crippen molar-refractivity contribution in [2.24, 2.45) is 5.41 Å². The van der Waals surface area contributed by atoms with Crippen molar-refractivity contribution in [2.45, 2.75) is 58.0 Å². The van der Waals surface area contributed by atoms with Gasteiger partial charge in [-0.05, 0) is 37.5 Å². The summed E-state index contributed by atoms with van der Waals surface area (Å²) in [5.41, 5.74) is -0.0175. The van der Waals surface area contributed by atoms with E-state index in [4.69, 9.17) is 26.6 Å². The van der Waals surface area contributed by atoms with Crippen LogP contribution in [-0.2, 0) is 31.4 Å². The first-order valence-corrected chi connectivity index (χ1v) is 13.7. The minimum Gasteiger partial charge on any atom is -0.377 e. The first-order chi connectivity index (χ1) is 13.3. The fourth-order valence-corrected chi connectivity index (χ4v) is 7.01. The average molecular weight is 440 g/mol. The number of carbonyl (C=O) groups excluding carboxylic acids is 1. The predicted octanol–water partition coefficient (Wildman–Crippen LogP) is 2.84. The Kier molecular flexibility index (Phi) is 13.6. The van der Waals surface area contributed by atoms with Gasteiger partial charge in [0.25, 0.3) is 0 Å². The molecule has 0 atom stereocenters. The first kappa shape index (κ1) is 27.7. The second-order valence-electron chi connectivity index (χ2n) is 7.06. The SMILES string of the molecule is CCC(CCC[Si](OC)(OC)OC)(CCC[Si](OC)(OC)OC)CNC(C)=O. The summed E-state index contributed by atoms with van der Waals surface area (Å²) < 4.78 is 33.2. The van der Waals surface area contributed by atoms with E-state index < -0.39 is 17.6 Å². The number of hydrogen-bond donors (Lipinski definition) is 1. The summed E-state index contributed by atoms with van der Waals surface area (Å²) in [6.45, 7) is 4.36. The summed E-state index contributed by atoms with van der Waals surface area (Å²) in [5, 5.41) is 3.01. The summed E-state index contributed by atoms with van der Waals surface area (Å²) in [6.07, 6.45) is 4.63. The molecule has 1 N–H and O–H groups in total. The zero-order valence-corrected chi connectivity index (χ0v) is 21.0. The fraction of sp³-hybridized carbons (Fsp3) is 0.944. The van der Waals surface area contributed by atoms with Crippen LogP contribution in [0.4, 0.5) is 0 Å². The van der Waals surface area contributed by atoms with Crippen LogP contribution >= 0.6 is 0 Å². The molecular weight excluding hydrogens is 398 g/mol. The van der Waals surface area contributed by atoms with Crippen LogP contribution in [0.3, 0.4) is 0 Å². The second-order valence-corrected chi connectivity index (χ2v) is 13.2. The summed E-state index contributed by atoms with van der Waals surface area (Å²) in [7, 11) is 4.61. The van der Waals surface area contributed by atoms with Gasteiger partial charge in [0.15, 0.2) is 0 Å². The number of amides is 1. The van der Waals surface area contributed by atoms with Gasteiger partial charge in [0.1, 0.15) is 0 Å². The van der Waals surface area contributed by atoms with Crippen molar-refractivity contribution >= 4 is 23.5 Å². The highest BCUT2D eigenvalue weighted by Crippen LogP contribution is 2.36. The highest BCUT2D eigenvalue weighted by atomic mass is 28.4. The topological polar surface area (TPSA) is 84.5 Å². The Labute approximate surface area is 173 Å². The molecule has 0 unspecified atom stereocenters. The lowest BCUT2D eigenvalue weighted by Gasteiger charge is -2.35. The lowest BCUT2D eigenvalue weighted by atomic mass is 9.77. The van der Waals surface area contributed by atoms with Crippen LogP contribution in [0.15, 0.2) is 0 Å². The summed E-state index contributed by atoms with van der Waals surface area (Å²) in [6, 6.07) is 1.48. The standard InChI is InChI=1S/C18H41NO7Si2/c1-9-18(16-19-17(2)20,12-10-14-27(21-3,22-4)23-5)13-11-15-28(24-6,25-7)26-8/h9-16H2,1-8H3,(H,19,20). The van der Waals surface area contributed by atoms with Gasteiger partial charge in [0, 0.05) is 68.2 Å². The molecule has 8 nitrogen and oxygen atoms in total. The van der Waals surface area contributed by atoms with Crippen LogP contribution < -0.4 is 5.32 Å². The minimum absolute atomic E-state index is 0.0124. The number of nitrogens with one attached hydrogen (secondary N) is 1. The van der Waals surface area contributed by atoms with E-state index in [1.54, 1.807) is 49.6 Å². The molecule has 0 aromatic heterocycles. The van der Waals surface area contributed by atoms with Crippen LogP contribution in [-0.4, -0.2) is 72.7 Å². The molecule has 0 aliphatic carbocycles. The van der Waals surface area contributed by atoms with Gasteiger partial charge in [-0.1, -0.05) is 6.92 Å². The van der Waals surface area contributed by atoms with Gasteiger partial charge in [-0.3, -0.25) is 4.79 Å². The first-order valence-electron chi connectivity index (χ1n) is 9.81. The van der Waals surface area contributed by atoms with Gasteiger partial charge < -0.3 is 31.9 Å². The van der Waals surface area contributed by atoms with E-state index in [-0.39, 0.29) is 11.3 Å². The van der Waals surface area contributed by atoms with Crippen molar-refractivity contribution in [2.75, 3.05) is 49.2 Å². The Morgan fingerprint density at radius 2 is 1.14 bits per heavy atom. The Morgan fingerprint density at radius 3 is 1.39 bits per heavy atom. The molecule has 0 heterocycles. The van der Waals surface area contributed by atoms with Gasteiger partial charge in [-0.2, -0.15) is 0 Å². The average Bonchev–Trinajstić information content (AvgIpc) is 2.73. The molecule has 0 aliphatic heterocycles. The van der Waals surface area contributed by atoms with Crippen molar-refractivity contribution in [1.82, 2.24) is 5.32 Å². The summed E-state index contributed by atoms with van der Waals surface area (Å²) >= 11 is 0. The summed E-state index contributed by atoms with van der Waals surface area (Å²) in [5.74, 6) is -0.0124. The highest BCUT2D eigenvalue weighted by molar-refractivity contribution is 6.60. The minimum atomic E-state index is -2.59. The van der Waals surface area contributed by atoms with Gasteiger partial charge >= 0.3 is 17.6 Å². The molecule has 0 saturated carbocycles. The van der Waals surface area contributed by atoms with Crippen molar-refractivity contribution in [1.29, 1.82) is 0 Å². The zero-order valence-electron chi connectivity index (χ0n) is 19.0. The third-order valence-electron chi connectivity index (χ3n) is 5.71. The molecule has 10 heteroatoms. The van der Waals surface area contributed by atoms with Crippen LogP contribution in [0, 0.1) is 5.41 Å². The molecule has 1 amide bonds. The smallest absolute Gasteiger partial charge is 0.377 e. The fourth-order valence-electron chi connectivity index (χ4n) is 3.56. The third-order valence-corrected chi connectivity index (χ3v) is 11.4. The van der Waals surface area contributed by atoms with Crippen LogP contribution in [0.2, 0.25) is 12.1 Å². The largest absolute Gasteiger partial charge is 0.500 e. The maximum absolute atomic E-state index is 11.5. The van der Waals surface area contributed by atoms with E-state index in [0.717, 1.165) is 44.2 Å². The molecule has 0 aliphatic rings. The Bertz CT molecular complexity index is 390. The van der Waals surface area contributed by atoms with E-state index in [9.17, 15) is 4.79 Å². The molecule has 0 aromatic rings. The van der Waals surface area contributed by atoms with Crippen LogP contribution in [0.5, 0.6) is 0 Å². The normalized spacial score (nSPS) is 13.0. The molecule has 0 saturated heterocycles. The molecule has 0 rings (SSSR count).